The molecule has 0 spiro atoms. The number of piperidine rings is 1. The molecule has 0 aromatic carbocycles. The van der Waals surface area contributed by atoms with E-state index in [1.807, 2.05) is 0 Å². The van der Waals surface area contributed by atoms with Crippen molar-refractivity contribution in [3.8, 4) is 0 Å². The maximum atomic E-state index is 11.4. The van der Waals surface area contributed by atoms with Gasteiger partial charge in [0, 0.05) is 6.54 Å². The number of carboxylic acids is 1. The SMILES string of the molecule is BCCCCC(N)(CCN1CCC(C)(C)CC1)C(=O)O. The molecule has 1 saturated heterocycles. The Kier molecular flexibility index (Phi) is 6.53. The molecule has 3 N–H and O–H groups in total. The standard InChI is InChI=1S/C15H31BN2O2/c1-14(2)6-10-18(11-7-14)12-8-15(17,13(19)20)5-3-4-9-16/h3-12,16-17H2,1-2H3,(H,19,20). The number of nitrogens with zero attached hydrogens (tertiary/aromatic N) is 1. The fourth-order valence-electron chi connectivity index (χ4n) is 2.77. The number of carbonyl (C=O) groups is 1. The van der Waals surface area contributed by atoms with E-state index in [4.69, 9.17) is 5.73 Å². The Morgan fingerprint density at radius 1 is 1.30 bits per heavy atom. The summed E-state index contributed by atoms with van der Waals surface area (Å²) in [5.41, 5.74) is 5.52. The summed E-state index contributed by atoms with van der Waals surface area (Å²) in [5, 5.41) is 9.40. The van der Waals surface area contributed by atoms with Crippen molar-refractivity contribution in [2.45, 2.75) is 64.2 Å². The zero-order valence-electron chi connectivity index (χ0n) is 13.5. The molecular weight excluding hydrogens is 251 g/mol. The van der Waals surface area contributed by atoms with Crippen molar-refractivity contribution in [3.63, 3.8) is 0 Å². The Hall–Kier alpha value is -0.545. The number of rotatable bonds is 8. The van der Waals surface area contributed by atoms with Gasteiger partial charge in [0.15, 0.2) is 0 Å². The van der Waals surface area contributed by atoms with E-state index in [0.29, 0.717) is 18.3 Å². The summed E-state index contributed by atoms with van der Waals surface area (Å²) in [5.74, 6) is -0.842. The van der Waals surface area contributed by atoms with E-state index in [0.717, 1.165) is 38.8 Å². The van der Waals surface area contributed by atoms with E-state index in [-0.39, 0.29) is 0 Å². The van der Waals surface area contributed by atoms with Crippen LogP contribution in [-0.4, -0.2) is 49.0 Å². The minimum absolute atomic E-state index is 0.435. The molecule has 0 radical (unpaired) electrons. The van der Waals surface area contributed by atoms with Gasteiger partial charge in [0.1, 0.15) is 13.4 Å². The van der Waals surface area contributed by atoms with Gasteiger partial charge in [-0.2, -0.15) is 0 Å². The van der Waals surface area contributed by atoms with Crippen LogP contribution in [0.4, 0.5) is 0 Å². The second kappa shape index (κ2) is 7.46. The van der Waals surface area contributed by atoms with Crippen LogP contribution in [0.5, 0.6) is 0 Å². The first-order valence-corrected chi connectivity index (χ1v) is 8.04. The highest BCUT2D eigenvalue weighted by molar-refractivity contribution is 6.08. The molecule has 1 unspecified atom stereocenters. The molecule has 1 atom stereocenters. The molecular formula is C15H31BN2O2. The molecule has 1 heterocycles. The summed E-state index contributed by atoms with van der Waals surface area (Å²) < 4.78 is 0. The van der Waals surface area contributed by atoms with Gasteiger partial charge in [-0.3, -0.25) is 4.79 Å². The zero-order valence-corrected chi connectivity index (χ0v) is 13.5. The van der Waals surface area contributed by atoms with Gasteiger partial charge in [0.25, 0.3) is 0 Å². The number of likely N-dealkylation sites (tertiary alicyclic amines) is 1. The molecule has 0 aromatic heterocycles. The van der Waals surface area contributed by atoms with Crippen molar-refractivity contribution in [1.29, 1.82) is 0 Å². The molecule has 5 heteroatoms. The van der Waals surface area contributed by atoms with Crippen LogP contribution >= 0.6 is 0 Å². The average Bonchev–Trinajstić information content (AvgIpc) is 2.37. The number of carboxylic acid groups (broad SMARTS) is 1. The maximum absolute atomic E-state index is 11.4. The Bertz CT molecular complexity index is 313. The third kappa shape index (κ3) is 5.45. The highest BCUT2D eigenvalue weighted by Gasteiger charge is 2.34. The molecule has 0 amide bonds. The molecule has 116 valence electrons. The van der Waals surface area contributed by atoms with Gasteiger partial charge >= 0.3 is 5.97 Å². The monoisotopic (exact) mass is 282 g/mol. The largest absolute Gasteiger partial charge is 0.480 e. The van der Waals surface area contributed by atoms with E-state index in [1.165, 1.54) is 12.8 Å². The van der Waals surface area contributed by atoms with Crippen LogP contribution in [0.15, 0.2) is 0 Å². The number of hydrogen-bond donors (Lipinski definition) is 2. The summed E-state index contributed by atoms with van der Waals surface area (Å²) in [7, 11) is 2.12. The Morgan fingerprint density at radius 3 is 2.40 bits per heavy atom. The van der Waals surface area contributed by atoms with Crippen LogP contribution in [0.25, 0.3) is 0 Å². The minimum atomic E-state index is -1.04. The van der Waals surface area contributed by atoms with E-state index >= 15 is 0 Å². The Labute approximate surface area is 124 Å². The van der Waals surface area contributed by atoms with Crippen LogP contribution in [0.1, 0.15) is 52.4 Å². The first-order chi connectivity index (χ1) is 9.29. The van der Waals surface area contributed by atoms with Crippen molar-refractivity contribution >= 4 is 13.8 Å². The summed E-state index contributed by atoms with van der Waals surface area (Å²) in [6.07, 6.45) is 6.59. The first kappa shape index (κ1) is 17.5. The molecule has 1 fully saturated rings. The van der Waals surface area contributed by atoms with Crippen molar-refractivity contribution in [2.75, 3.05) is 19.6 Å². The van der Waals surface area contributed by atoms with Crippen LogP contribution in [0.2, 0.25) is 6.32 Å². The van der Waals surface area contributed by atoms with Gasteiger partial charge in [-0.05, 0) is 44.2 Å². The summed E-state index contributed by atoms with van der Waals surface area (Å²) in [6, 6.07) is 0. The minimum Gasteiger partial charge on any atom is -0.480 e. The zero-order chi connectivity index (χ0) is 15.2. The average molecular weight is 282 g/mol. The fourth-order valence-corrected chi connectivity index (χ4v) is 2.77. The topological polar surface area (TPSA) is 66.6 Å². The van der Waals surface area contributed by atoms with Gasteiger partial charge in [-0.15, -0.1) is 0 Å². The van der Waals surface area contributed by atoms with E-state index in [9.17, 15) is 9.90 Å². The van der Waals surface area contributed by atoms with Crippen LogP contribution in [-0.2, 0) is 4.79 Å². The lowest BCUT2D eigenvalue weighted by Gasteiger charge is -2.38. The molecule has 4 nitrogen and oxygen atoms in total. The highest BCUT2D eigenvalue weighted by Crippen LogP contribution is 2.30. The molecule has 0 aliphatic carbocycles. The molecule has 0 bridgehead atoms. The van der Waals surface area contributed by atoms with E-state index in [1.54, 1.807) is 0 Å². The molecule has 0 aromatic rings. The predicted molar refractivity (Wildman–Crippen MR) is 85.8 cm³/mol. The molecule has 1 aliphatic rings. The van der Waals surface area contributed by atoms with Crippen molar-refractivity contribution in [3.05, 3.63) is 0 Å². The third-order valence-electron chi connectivity index (χ3n) is 4.74. The number of hydrogen-bond acceptors (Lipinski definition) is 3. The summed E-state index contributed by atoms with van der Waals surface area (Å²) in [4.78, 5) is 13.8. The Morgan fingerprint density at radius 2 is 1.90 bits per heavy atom. The van der Waals surface area contributed by atoms with Crippen LogP contribution in [0, 0.1) is 5.41 Å². The number of nitrogens with two attached hydrogens (primary N) is 1. The molecule has 1 aliphatic heterocycles. The lowest BCUT2D eigenvalue weighted by molar-refractivity contribution is -0.144. The van der Waals surface area contributed by atoms with E-state index < -0.39 is 11.5 Å². The van der Waals surface area contributed by atoms with Gasteiger partial charge in [0.05, 0.1) is 0 Å². The first-order valence-electron chi connectivity index (χ1n) is 8.04. The van der Waals surface area contributed by atoms with Gasteiger partial charge in [-0.25, -0.2) is 0 Å². The number of unbranched alkanes of at least 4 members (excludes halogenated alkanes) is 1. The highest BCUT2D eigenvalue weighted by atomic mass is 16.4. The predicted octanol–water partition coefficient (Wildman–Crippen LogP) is 1.50. The maximum Gasteiger partial charge on any atom is 0.323 e. The van der Waals surface area contributed by atoms with Crippen LogP contribution < -0.4 is 5.73 Å². The van der Waals surface area contributed by atoms with Crippen molar-refractivity contribution in [2.24, 2.45) is 11.1 Å². The van der Waals surface area contributed by atoms with Gasteiger partial charge in [-0.1, -0.05) is 33.0 Å². The van der Waals surface area contributed by atoms with Gasteiger partial charge < -0.3 is 15.7 Å². The fraction of sp³-hybridized carbons (Fsp3) is 0.933. The summed E-state index contributed by atoms with van der Waals surface area (Å²) in [6.45, 7) is 7.56. The van der Waals surface area contributed by atoms with Gasteiger partial charge in [0.2, 0.25) is 0 Å². The second-order valence-corrected chi connectivity index (χ2v) is 7.17. The smallest absolute Gasteiger partial charge is 0.323 e. The molecule has 20 heavy (non-hydrogen) atoms. The van der Waals surface area contributed by atoms with E-state index in [2.05, 4.69) is 26.6 Å². The molecule has 0 saturated carbocycles. The lowest BCUT2D eigenvalue weighted by Crippen LogP contribution is -2.51. The lowest BCUT2D eigenvalue weighted by atomic mass is 9.82. The summed E-state index contributed by atoms with van der Waals surface area (Å²) >= 11 is 0. The third-order valence-corrected chi connectivity index (χ3v) is 4.74. The van der Waals surface area contributed by atoms with Crippen molar-refractivity contribution < 1.29 is 9.90 Å². The molecule has 1 rings (SSSR count). The second-order valence-electron chi connectivity index (χ2n) is 7.17. The normalized spacial score (nSPS) is 22.4. The number of aliphatic carboxylic acids is 1. The van der Waals surface area contributed by atoms with Crippen molar-refractivity contribution in [1.82, 2.24) is 4.90 Å². The Balaban J connectivity index is 2.41. The quantitative estimate of drug-likeness (QED) is 0.523. The van der Waals surface area contributed by atoms with Crippen LogP contribution in [0.3, 0.4) is 0 Å².